The first-order chi connectivity index (χ1) is 22.7. The van der Waals surface area contributed by atoms with Gasteiger partial charge in [-0.2, -0.15) is 0 Å². The van der Waals surface area contributed by atoms with Gasteiger partial charge in [0.25, 0.3) is 5.91 Å². The lowest BCUT2D eigenvalue weighted by atomic mass is 9.81. The molecule has 2 heterocycles. The molecule has 3 amide bonds. The van der Waals surface area contributed by atoms with Crippen LogP contribution in [0.25, 0.3) is 0 Å². The summed E-state index contributed by atoms with van der Waals surface area (Å²) in [4.78, 5) is 52.0. The standard InChI is InChI=1S/C33H52N4O12/c1-18-12-21(13-19(2)25(18)41)28(43)34-15-23(40)26(42)27-24(36-20(3)38)22(39)14-33(48-27,29(44)45)8-9-37-10-11-47-17-32(37,7)16-35-30(46)49-31(4,5)6/h12-13,22-24,26-27,39-42H,8-11,14-17H2,1-7H3,(H,34,43)(H,35,46)(H,36,38)(H,44,45)/t22-,23+,24+,26+,27+,32?,33+/m0/s1. The number of amides is 3. The van der Waals surface area contributed by atoms with E-state index in [0.29, 0.717) is 24.3 Å². The number of carboxylic acids is 1. The minimum Gasteiger partial charge on any atom is -0.507 e. The largest absolute Gasteiger partial charge is 0.507 e. The number of alkyl carbamates (subject to hydrolysis) is 1. The molecule has 3 rings (SSSR count). The number of aryl methyl sites for hydroxylation is 2. The van der Waals surface area contributed by atoms with Crippen molar-refractivity contribution in [3.8, 4) is 5.75 Å². The number of hydrogen-bond donors (Lipinski definition) is 8. The van der Waals surface area contributed by atoms with Crippen LogP contribution < -0.4 is 16.0 Å². The Labute approximate surface area is 286 Å². The molecule has 2 saturated heterocycles. The van der Waals surface area contributed by atoms with Gasteiger partial charge in [-0.05, 0) is 64.8 Å². The normalized spacial score (nSPS) is 27.4. The number of hydrogen-bond acceptors (Lipinski definition) is 12. The molecule has 2 aliphatic heterocycles. The van der Waals surface area contributed by atoms with Gasteiger partial charge in [0.1, 0.15) is 23.6 Å². The summed E-state index contributed by atoms with van der Waals surface area (Å²) in [5.74, 6) is -2.57. The van der Waals surface area contributed by atoms with Crippen LogP contribution in [0.5, 0.6) is 5.75 Å². The summed E-state index contributed by atoms with van der Waals surface area (Å²) in [6.45, 7) is 12.2. The molecule has 0 spiro atoms. The first-order valence-corrected chi connectivity index (χ1v) is 16.3. The van der Waals surface area contributed by atoms with Gasteiger partial charge in [0.05, 0.1) is 37.0 Å². The maximum atomic E-state index is 12.9. The van der Waals surface area contributed by atoms with Gasteiger partial charge in [-0.3, -0.25) is 14.5 Å². The van der Waals surface area contributed by atoms with Crippen molar-refractivity contribution in [1.82, 2.24) is 20.9 Å². The quantitative estimate of drug-likeness (QED) is 0.143. The molecule has 8 N–H and O–H groups in total. The van der Waals surface area contributed by atoms with Crippen molar-refractivity contribution in [2.24, 2.45) is 0 Å². The van der Waals surface area contributed by atoms with E-state index in [1.807, 2.05) is 11.8 Å². The predicted octanol–water partition coefficient (Wildman–Crippen LogP) is -0.0558. The van der Waals surface area contributed by atoms with Crippen molar-refractivity contribution in [3.05, 3.63) is 28.8 Å². The zero-order valence-corrected chi connectivity index (χ0v) is 29.2. The second-order valence-corrected chi connectivity index (χ2v) is 14.2. The van der Waals surface area contributed by atoms with Crippen molar-refractivity contribution in [2.75, 3.05) is 39.4 Å². The average Bonchev–Trinajstić information content (AvgIpc) is 3.00. The molecule has 16 heteroatoms. The summed E-state index contributed by atoms with van der Waals surface area (Å²) in [6.07, 6.45) is -7.90. The van der Waals surface area contributed by atoms with Crippen LogP contribution in [0.1, 0.15) is 68.9 Å². The minimum absolute atomic E-state index is 0.0432. The number of nitrogens with one attached hydrogen (secondary N) is 3. The van der Waals surface area contributed by atoms with Crippen molar-refractivity contribution < 1.29 is 58.9 Å². The third-order valence-corrected chi connectivity index (χ3v) is 8.86. The number of carbonyl (C=O) groups is 4. The Bertz CT molecular complexity index is 1350. The summed E-state index contributed by atoms with van der Waals surface area (Å²) in [6, 6.07) is 1.63. The lowest BCUT2D eigenvalue weighted by Crippen LogP contribution is -2.68. The molecule has 49 heavy (non-hydrogen) atoms. The number of phenolic OH excluding ortho intramolecular Hbond substituents is 1. The Balaban J connectivity index is 1.78. The fraction of sp³-hybridized carbons (Fsp3) is 0.697. The predicted molar refractivity (Wildman–Crippen MR) is 175 cm³/mol. The Morgan fingerprint density at radius 2 is 1.76 bits per heavy atom. The molecule has 1 unspecified atom stereocenters. The number of aliphatic hydroxyl groups is 3. The molecule has 0 aliphatic carbocycles. The van der Waals surface area contributed by atoms with Gasteiger partial charge in [0.15, 0.2) is 5.60 Å². The number of morpholine rings is 1. The molecule has 276 valence electrons. The van der Waals surface area contributed by atoms with E-state index in [4.69, 9.17) is 14.2 Å². The number of carboxylic acid groups (broad SMARTS) is 1. The van der Waals surface area contributed by atoms with Crippen molar-refractivity contribution >= 4 is 23.9 Å². The second-order valence-electron chi connectivity index (χ2n) is 14.2. The van der Waals surface area contributed by atoms with Gasteiger partial charge in [-0.1, -0.05) is 0 Å². The van der Waals surface area contributed by atoms with Gasteiger partial charge >= 0.3 is 12.1 Å². The van der Waals surface area contributed by atoms with Crippen LogP contribution in [0.4, 0.5) is 4.79 Å². The maximum absolute atomic E-state index is 12.9. The van der Waals surface area contributed by atoms with E-state index in [0.717, 1.165) is 0 Å². The zero-order chi connectivity index (χ0) is 36.9. The molecule has 0 saturated carbocycles. The Hall–Kier alpha value is -3.54. The third kappa shape index (κ3) is 10.2. The summed E-state index contributed by atoms with van der Waals surface area (Å²) in [7, 11) is 0. The van der Waals surface area contributed by atoms with Gasteiger partial charge in [-0.15, -0.1) is 0 Å². The molecular weight excluding hydrogens is 644 g/mol. The molecule has 0 aromatic heterocycles. The minimum atomic E-state index is -2.05. The number of carbonyl (C=O) groups excluding carboxylic acids is 3. The smallest absolute Gasteiger partial charge is 0.407 e. The van der Waals surface area contributed by atoms with Crippen molar-refractivity contribution in [2.45, 2.75) is 109 Å². The Morgan fingerprint density at radius 1 is 1.12 bits per heavy atom. The molecule has 1 aromatic carbocycles. The lowest BCUT2D eigenvalue weighted by molar-refractivity contribution is -0.231. The number of aromatic hydroxyl groups is 1. The topological polar surface area (TPSA) is 236 Å². The summed E-state index contributed by atoms with van der Waals surface area (Å²) < 4.78 is 17.1. The van der Waals surface area contributed by atoms with E-state index in [-0.39, 0.29) is 37.4 Å². The molecular formula is C33H52N4O12. The molecule has 2 aliphatic rings. The van der Waals surface area contributed by atoms with Crippen LogP contribution in [0, 0.1) is 13.8 Å². The van der Waals surface area contributed by atoms with Gasteiger partial charge in [0, 0.05) is 51.5 Å². The highest BCUT2D eigenvalue weighted by Crippen LogP contribution is 2.36. The summed E-state index contributed by atoms with van der Waals surface area (Å²) in [5.41, 5.74) is -2.38. The fourth-order valence-electron chi connectivity index (χ4n) is 6.16. The Morgan fingerprint density at radius 3 is 2.33 bits per heavy atom. The van der Waals surface area contributed by atoms with Crippen LogP contribution in [-0.4, -0.2) is 141 Å². The number of nitrogens with zero attached hydrogens (tertiary/aromatic N) is 1. The fourth-order valence-corrected chi connectivity index (χ4v) is 6.16. The highest BCUT2D eigenvalue weighted by molar-refractivity contribution is 5.94. The van der Waals surface area contributed by atoms with E-state index in [9.17, 15) is 44.7 Å². The highest BCUT2D eigenvalue weighted by atomic mass is 16.6. The summed E-state index contributed by atoms with van der Waals surface area (Å²) >= 11 is 0. The van der Waals surface area contributed by atoms with Crippen molar-refractivity contribution in [3.63, 3.8) is 0 Å². The van der Waals surface area contributed by atoms with E-state index >= 15 is 0 Å². The number of rotatable bonds is 12. The van der Waals surface area contributed by atoms with Crippen LogP contribution >= 0.6 is 0 Å². The van der Waals surface area contributed by atoms with Gasteiger partial charge in [-0.25, -0.2) is 9.59 Å². The molecule has 16 nitrogen and oxygen atoms in total. The van der Waals surface area contributed by atoms with E-state index in [1.54, 1.807) is 34.6 Å². The third-order valence-electron chi connectivity index (χ3n) is 8.86. The first kappa shape index (κ1) is 39.9. The average molecular weight is 697 g/mol. The molecule has 1 aromatic rings. The van der Waals surface area contributed by atoms with Crippen LogP contribution in [0.2, 0.25) is 0 Å². The van der Waals surface area contributed by atoms with E-state index in [1.165, 1.54) is 19.1 Å². The molecule has 2 fully saturated rings. The SMILES string of the molecule is CC(=O)N[C@H]1[C@H]([C@H](O)[C@H](O)CNC(=O)c2cc(C)c(O)c(C)c2)O[C@@](CCN2CCOCC2(C)CNC(=O)OC(C)(C)C)(C(=O)O)C[C@@H]1O. The van der Waals surface area contributed by atoms with E-state index < -0.39 is 84.0 Å². The molecule has 0 bridgehead atoms. The van der Waals surface area contributed by atoms with E-state index in [2.05, 4.69) is 16.0 Å². The van der Waals surface area contributed by atoms with Crippen LogP contribution in [0.3, 0.4) is 0 Å². The zero-order valence-electron chi connectivity index (χ0n) is 29.2. The van der Waals surface area contributed by atoms with Crippen LogP contribution in [-0.2, 0) is 23.8 Å². The second kappa shape index (κ2) is 16.0. The van der Waals surface area contributed by atoms with Gasteiger partial charge < -0.3 is 55.7 Å². The number of benzene rings is 1. The Kier molecular flexibility index (Phi) is 13.0. The maximum Gasteiger partial charge on any atom is 0.407 e. The number of aliphatic carboxylic acids is 1. The monoisotopic (exact) mass is 696 g/mol. The molecule has 0 radical (unpaired) electrons. The van der Waals surface area contributed by atoms with Crippen molar-refractivity contribution in [1.29, 1.82) is 0 Å². The molecule has 7 atom stereocenters. The first-order valence-electron chi connectivity index (χ1n) is 16.3. The van der Waals surface area contributed by atoms with Crippen LogP contribution in [0.15, 0.2) is 12.1 Å². The number of aliphatic hydroxyl groups excluding tert-OH is 3. The number of phenols is 1. The number of ether oxygens (including phenoxy) is 3. The summed E-state index contributed by atoms with van der Waals surface area (Å²) in [5, 5.41) is 61.6. The highest BCUT2D eigenvalue weighted by Gasteiger charge is 2.55. The lowest BCUT2D eigenvalue weighted by Gasteiger charge is -2.49. The van der Waals surface area contributed by atoms with Gasteiger partial charge in [0.2, 0.25) is 5.91 Å².